The lowest BCUT2D eigenvalue weighted by atomic mass is 10.0. The van der Waals surface area contributed by atoms with Crippen molar-refractivity contribution < 1.29 is 4.79 Å². The van der Waals surface area contributed by atoms with Gasteiger partial charge in [-0.15, -0.1) is 0 Å². The van der Waals surface area contributed by atoms with Crippen LogP contribution in [0.1, 0.15) is 40.2 Å². The van der Waals surface area contributed by atoms with Gasteiger partial charge in [-0.05, 0) is 17.3 Å². The number of hydrogen-bond acceptors (Lipinski definition) is 2. The molecule has 1 fully saturated rings. The Labute approximate surface area is 102 Å². The molecule has 2 N–H and O–H groups in total. The molecule has 1 aromatic heterocycles. The average Bonchev–Trinajstić information content (AvgIpc) is 2.57. The van der Waals surface area contributed by atoms with Crippen LogP contribution in [0, 0.1) is 16.7 Å². The van der Waals surface area contributed by atoms with Crippen LogP contribution in [0.3, 0.4) is 0 Å². The van der Waals surface area contributed by atoms with Gasteiger partial charge in [-0.2, -0.15) is 5.10 Å². The van der Waals surface area contributed by atoms with Crippen molar-refractivity contribution >= 4 is 11.7 Å². The molecular formula is C13H21N3O. The fourth-order valence-corrected chi connectivity index (χ4v) is 2.73. The molecule has 0 bridgehead atoms. The van der Waals surface area contributed by atoms with E-state index in [4.69, 9.17) is 0 Å². The summed E-state index contributed by atoms with van der Waals surface area (Å²) in [6.07, 6.45) is 2.63. The molecule has 1 amide bonds. The van der Waals surface area contributed by atoms with Gasteiger partial charge in [0.05, 0.1) is 6.20 Å². The normalized spacial score (nSPS) is 21.2. The maximum atomic E-state index is 12.2. The summed E-state index contributed by atoms with van der Waals surface area (Å²) in [5.74, 6) is 0.915. The SMILES string of the molecule is CCc1cn[nH]c1NC(=O)C1C(C)(C)C1(C)C. The Kier molecular flexibility index (Phi) is 2.56. The maximum Gasteiger partial charge on any atom is 0.229 e. The molecule has 0 spiro atoms. The standard InChI is InChI=1S/C13H21N3O/c1-6-8-7-14-16-10(8)15-11(17)9-12(2,3)13(9,4)5/h7,9H,6H2,1-5H3,(H2,14,15,16,17). The van der Waals surface area contributed by atoms with Crippen LogP contribution < -0.4 is 5.32 Å². The van der Waals surface area contributed by atoms with Gasteiger partial charge in [0.2, 0.25) is 5.91 Å². The third-order valence-electron chi connectivity index (χ3n) is 4.63. The van der Waals surface area contributed by atoms with Gasteiger partial charge in [0, 0.05) is 11.5 Å². The number of aromatic nitrogens is 2. The van der Waals surface area contributed by atoms with E-state index >= 15 is 0 Å². The number of hydrogen-bond donors (Lipinski definition) is 2. The van der Waals surface area contributed by atoms with Crippen molar-refractivity contribution in [3.05, 3.63) is 11.8 Å². The predicted molar refractivity (Wildman–Crippen MR) is 67.6 cm³/mol. The molecule has 2 rings (SSSR count). The van der Waals surface area contributed by atoms with E-state index < -0.39 is 0 Å². The number of nitrogens with zero attached hydrogens (tertiary/aromatic N) is 1. The number of nitrogens with one attached hydrogen (secondary N) is 2. The van der Waals surface area contributed by atoms with E-state index in [2.05, 4.69) is 43.2 Å². The minimum Gasteiger partial charge on any atom is -0.311 e. The molecule has 17 heavy (non-hydrogen) atoms. The molecule has 1 aliphatic carbocycles. The zero-order valence-electron chi connectivity index (χ0n) is 11.2. The van der Waals surface area contributed by atoms with E-state index in [-0.39, 0.29) is 22.7 Å². The molecule has 4 heteroatoms. The number of amides is 1. The monoisotopic (exact) mass is 235 g/mol. The summed E-state index contributed by atoms with van der Waals surface area (Å²) in [4.78, 5) is 12.2. The molecule has 1 saturated carbocycles. The Bertz CT molecular complexity index is 431. The molecule has 0 atom stereocenters. The highest BCUT2D eigenvalue weighted by Crippen LogP contribution is 2.68. The minimum absolute atomic E-state index is 0.0722. The molecule has 0 aromatic carbocycles. The second-order valence-electron chi connectivity index (χ2n) is 5.99. The fourth-order valence-electron chi connectivity index (χ4n) is 2.73. The van der Waals surface area contributed by atoms with E-state index in [9.17, 15) is 4.79 Å². The van der Waals surface area contributed by atoms with Crippen LogP contribution in [0.15, 0.2) is 6.20 Å². The number of rotatable bonds is 3. The molecule has 0 unspecified atom stereocenters. The van der Waals surface area contributed by atoms with Gasteiger partial charge in [-0.1, -0.05) is 34.6 Å². The summed E-state index contributed by atoms with van der Waals surface area (Å²) >= 11 is 0. The molecule has 1 heterocycles. The van der Waals surface area contributed by atoms with Crippen LogP contribution in [0.2, 0.25) is 0 Å². The molecule has 1 aliphatic rings. The largest absolute Gasteiger partial charge is 0.311 e. The van der Waals surface area contributed by atoms with Crippen LogP contribution in [0.4, 0.5) is 5.82 Å². The van der Waals surface area contributed by atoms with Crippen molar-refractivity contribution in [2.75, 3.05) is 5.32 Å². The van der Waals surface area contributed by atoms with E-state index in [0.717, 1.165) is 17.8 Å². The quantitative estimate of drug-likeness (QED) is 0.846. The highest BCUT2D eigenvalue weighted by Gasteiger charge is 2.68. The lowest BCUT2D eigenvalue weighted by Gasteiger charge is -2.05. The first kappa shape index (κ1) is 12.1. The van der Waals surface area contributed by atoms with Gasteiger partial charge >= 0.3 is 0 Å². The van der Waals surface area contributed by atoms with Crippen LogP contribution in [-0.2, 0) is 11.2 Å². The van der Waals surface area contributed by atoms with Crippen molar-refractivity contribution in [1.29, 1.82) is 0 Å². The third kappa shape index (κ3) is 1.66. The maximum absolute atomic E-state index is 12.2. The van der Waals surface area contributed by atoms with E-state index in [1.165, 1.54) is 0 Å². The number of anilines is 1. The van der Waals surface area contributed by atoms with Crippen molar-refractivity contribution in [3.63, 3.8) is 0 Å². The molecular weight excluding hydrogens is 214 g/mol. The number of aromatic amines is 1. The zero-order valence-corrected chi connectivity index (χ0v) is 11.2. The van der Waals surface area contributed by atoms with Crippen LogP contribution in [0.5, 0.6) is 0 Å². The van der Waals surface area contributed by atoms with Crippen LogP contribution in [0.25, 0.3) is 0 Å². The molecule has 0 aliphatic heterocycles. The van der Waals surface area contributed by atoms with Crippen molar-refractivity contribution in [1.82, 2.24) is 10.2 Å². The molecule has 0 radical (unpaired) electrons. The summed E-state index contributed by atoms with van der Waals surface area (Å²) in [5.41, 5.74) is 1.20. The average molecular weight is 235 g/mol. The second kappa shape index (κ2) is 3.59. The van der Waals surface area contributed by atoms with E-state index in [1.54, 1.807) is 6.20 Å². The first-order valence-corrected chi connectivity index (χ1v) is 6.15. The van der Waals surface area contributed by atoms with Crippen LogP contribution >= 0.6 is 0 Å². The van der Waals surface area contributed by atoms with E-state index in [0.29, 0.717) is 0 Å². The summed E-state index contributed by atoms with van der Waals surface area (Å²) in [7, 11) is 0. The summed E-state index contributed by atoms with van der Waals surface area (Å²) < 4.78 is 0. The number of carbonyl (C=O) groups is 1. The Balaban J connectivity index is 2.10. The summed E-state index contributed by atoms with van der Waals surface area (Å²) in [6.45, 7) is 10.6. The molecule has 94 valence electrons. The fraction of sp³-hybridized carbons (Fsp3) is 0.692. The summed E-state index contributed by atoms with van der Waals surface area (Å²) in [6, 6.07) is 0. The highest BCUT2D eigenvalue weighted by atomic mass is 16.2. The molecule has 1 aromatic rings. The predicted octanol–water partition coefficient (Wildman–Crippen LogP) is 2.59. The number of H-pyrrole nitrogens is 1. The Morgan fingerprint density at radius 2 is 2.00 bits per heavy atom. The summed E-state index contributed by atoms with van der Waals surface area (Å²) in [5, 5.41) is 9.76. The zero-order chi connectivity index (χ0) is 12.8. The second-order valence-corrected chi connectivity index (χ2v) is 5.99. The third-order valence-corrected chi connectivity index (χ3v) is 4.63. The lowest BCUT2D eigenvalue weighted by Crippen LogP contribution is -2.18. The number of carbonyl (C=O) groups excluding carboxylic acids is 1. The lowest BCUT2D eigenvalue weighted by molar-refractivity contribution is -0.118. The van der Waals surface area contributed by atoms with Gasteiger partial charge in [-0.25, -0.2) is 0 Å². The first-order valence-electron chi connectivity index (χ1n) is 6.15. The van der Waals surface area contributed by atoms with Gasteiger partial charge < -0.3 is 5.32 Å². The van der Waals surface area contributed by atoms with Crippen molar-refractivity contribution in [2.24, 2.45) is 16.7 Å². The van der Waals surface area contributed by atoms with Crippen molar-refractivity contribution in [2.45, 2.75) is 41.0 Å². The van der Waals surface area contributed by atoms with Gasteiger partial charge in [0.25, 0.3) is 0 Å². The minimum atomic E-state index is 0.0722. The van der Waals surface area contributed by atoms with Gasteiger partial charge in [-0.3, -0.25) is 9.89 Å². The number of aryl methyl sites for hydroxylation is 1. The first-order chi connectivity index (χ1) is 7.82. The van der Waals surface area contributed by atoms with Gasteiger partial charge in [0.1, 0.15) is 5.82 Å². The Morgan fingerprint density at radius 1 is 1.41 bits per heavy atom. The van der Waals surface area contributed by atoms with E-state index in [1.807, 2.05) is 6.92 Å². The van der Waals surface area contributed by atoms with Crippen molar-refractivity contribution in [3.8, 4) is 0 Å². The highest BCUT2D eigenvalue weighted by molar-refractivity contribution is 5.95. The molecule has 4 nitrogen and oxygen atoms in total. The topological polar surface area (TPSA) is 57.8 Å². The van der Waals surface area contributed by atoms with Crippen LogP contribution in [-0.4, -0.2) is 16.1 Å². The van der Waals surface area contributed by atoms with Gasteiger partial charge in [0.15, 0.2) is 0 Å². The molecule has 0 saturated heterocycles. The Morgan fingerprint density at radius 3 is 2.47 bits per heavy atom. The smallest absolute Gasteiger partial charge is 0.229 e. The Hall–Kier alpha value is -1.32.